The molecule has 4 unspecified atom stereocenters. The van der Waals surface area contributed by atoms with Gasteiger partial charge in [-0.3, -0.25) is 19.6 Å². The number of fused-ring (bicyclic) bond motifs is 1. The molecule has 1 saturated carbocycles. The molecule has 1 saturated heterocycles. The van der Waals surface area contributed by atoms with E-state index in [2.05, 4.69) is 5.32 Å². The maximum atomic E-state index is 13.6. The Morgan fingerprint density at radius 1 is 1.20 bits per heavy atom. The molecular weight excluding hydrogens is 382 g/mol. The van der Waals surface area contributed by atoms with Gasteiger partial charge in [0.25, 0.3) is 0 Å². The molecule has 172 valence electrons. The molecule has 2 aliphatic rings. The fraction of sp³-hybridized carbons (Fsp3) is 0.870. The van der Waals surface area contributed by atoms with Gasteiger partial charge in [0, 0.05) is 12.6 Å². The molecule has 1 aliphatic heterocycles. The second kappa shape index (κ2) is 11.1. The van der Waals surface area contributed by atoms with E-state index in [9.17, 15) is 19.6 Å². The molecule has 30 heavy (non-hydrogen) atoms. The summed E-state index contributed by atoms with van der Waals surface area (Å²) >= 11 is 0. The van der Waals surface area contributed by atoms with Crippen LogP contribution in [-0.4, -0.2) is 58.6 Å². The van der Waals surface area contributed by atoms with Crippen LogP contribution in [0.5, 0.6) is 0 Å². The first-order valence-corrected chi connectivity index (χ1v) is 11.7. The molecule has 2 N–H and O–H groups in total. The normalized spacial score (nSPS) is 23.8. The minimum Gasteiger partial charge on any atom is -0.344 e. The molecule has 2 rings (SSSR count). The number of amides is 3. The molecule has 3 amide bonds. The third-order valence-corrected chi connectivity index (χ3v) is 6.73. The Kier molecular flexibility index (Phi) is 9.13. The monoisotopic (exact) mass is 423 g/mol. The van der Waals surface area contributed by atoms with Gasteiger partial charge in [0.15, 0.2) is 0 Å². The largest absolute Gasteiger partial charge is 0.344 e. The lowest BCUT2D eigenvalue weighted by molar-refractivity contribution is -0.156. The van der Waals surface area contributed by atoms with E-state index in [0.29, 0.717) is 29.9 Å². The van der Waals surface area contributed by atoms with Gasteiger partial charge in [-0.15, -0.1) is 0 Å². The van der Waals surface area contributed by atoms with Crippen LogP contribution < -0.4 is 5.32 Å². The van der Waals surface area contributed by atoms with Crippen molar-refractivity contribution in [2.45, 2.75) is 97.6 Å². The molecule has 2 fully saturated rings. The van der Waals surface area contributed by atoms with Crippen LogP contribution in [0.15, 0.2) is 0 Å². The van der Waals surface area contributed by atoms with Crippen LogP contribution in [0.25, 0.3) is 0 Å². The summed E-state index contributed by atoms with van der Waals surface area (Å²) in [6, 6.07) is -0.334. The summed E-state index contributed by atoms with van der Waals surface area (Å²) in [5.41, 5.74) is -0.437. The Bertz CT molecular complexity index is 587. The molecule has 7 nitrogen and oxygen atoms in total. The predicted molar refractivity (Wildman–Crippen MR) is 116 cm³/mol. The lowest BCUT2D eigenvalue weighted by atomic mass is 9.77. The molecule has 4 atom stereocenters. The highest BCUT2D eigenvalue weighted by molar-refractivity contribution is 5.89. The van der Waals surface area contributed by atoms with Crippen LogP contribution in [0.1, 0.15) is 85.5 Å². The Morgan fingerprint density at radius 2 is 1.87 bits per heavy atom. The lowest BCUT2D eigenvalue weighted by Crippen LogP contribution is -2.60. The number of likely N-dealkylation sites (tertiary alicyclic amines) is 1. The van der Waals surface area contributed by atoms with Gasteiger partial charge in [0.2, 0.25) is 18.2 Å². The average molecular weight is 424 g/mol. The molecule has 0 aromatic heterocycles. The molecular formula is C23H41N3O4. The number of unbranched alkanes of at least 4 members (excludes halogenated alkanes) is 1. The summed E-state index contributed by atoms with van der Waals surface area (Å²) < 4.78 is 0. The Balaban J connectivity index is 2.16. The highest BCUT2D eigenvalue weighted by Crippen LogP contribution is 2.36. The van der Waals surface area contributed by atoms with Gasteiger partial charge in [-0.2, -0.15) is 0 Å². The number of hydrogen-bond acceptors (Lipinski definition) is 4. The van der Waals surface area contributed by atoms with Gasteiger partial charge in [-0.05, 0) is 43.4 Å². The van der Waals surface area contributed by atoms with Crippen molar-refractivity contribution in [1.82, 2.24) is 15.3 Å². The molecule has 0 bridgehead atoms. The maximum absolute atomic E-state index is 13.6. The number of rotatable bonds is 9. The van der Waals surface area contributed by atoms with Crippen molar-refractivity contribution in [3.05, 3.63) is 0 Å². The van der Waals surface area contributed by atoms with E-state index in [4.69, 9.17) is 0 Å². The Hall–Kier alpha value is -1.63. The second-order valence-corrected chi connectivity index (χ2v) is 10.2. The smallest absolute Gasteiger partial charge is 0.245 e. The lowest BCUT2D eigenvalue weighted by Gasteiger charge is -2.46. The molecule has 1 aliphatic carbocycles. The Labute approximate surface area is 181 Å². The Morgan fingerprint density at radius 3 is 2.50 bits per heavy atom. The summed E-state index contributed by atoms with van der Waals surface area (Å²) in [7, 11) is 0. The standard InChI is InChI=1S/C23H41N3O4/c1-5-6-10-18(15-25(30)16-27)21(28)24-20(23(2,3)4)22(29)26-14-9-12-17-11-7-8-13-19(17)26/h16-20,30H,5-15H2,1-4H3,(H,24,28). The quantitative estimate of drug-likeness (QED) is 0.338. The average Bonchev–Trinajstić information content (AvgIpc) is 2.72. The van der Waals surface area contributed by atoms with Gasteiger partial charge >= 0.3 is 0 Å². The van der Waals surface area contributed by atoms with Crippen molar-refractivity contribution < 1.29 is 19.6 Å². The number of hydroxylamine groups is 2. The van der Waals surface area contributed by atoms with Gasteiger partial charge in [0.05, 0.1) is 12.5 Å². The molecule has 0 aromatic carbocycles. The first-order chi connectivity index (χ1) is 14.2. The van der Waals surface area contributed by atoms with Crippen LogP contribution in [0, 0.1) is 17.3 Å². The van der Waals surface area contributed by atoms with Gasteiger partial charge < -0.3 is 10.2 Å². The highest BCUT2D eigenvalue weighted by Gasteiger charge is 2.42. The summed E-state index contributed by atoms with van der Waals surface area (Å²) in [4.78, 5) is 39.6. The molecule has 0 aromatic rings. The van der Waals surface area contributed by atoms with Crippen LogP contribution in [-0.2, 0) is 14.4 Å². The number of piperidine rings is 1. The van der Waals surface area contributed by atoms with E-state index >= 15 is 0 Å². The number of nitrogens with one attached hydrogen (secondary N) is 1. The number of nitrogens with zero attached hydrogens (tertiary/aromatic N) is 2. The molecule has 0 spiro atoms. The van der Waals surface area contributed by atoms with E-state index in [0.717, 1.165) is 38.6 Å². The van der Waals surface area contributed by atoms with Gasteiger partial charge in [-0.1, -0.05) is 53.4 Å². The van der Waals surface area contributed by atoms with Gasteiger partial charge in [0.1, 0.15) is 6.04 Å². The molecule has 1 heterocycles. The molecule has 7 heteroatoms. The van der Waals surface area contributed by atoms with E-state index in [-0.39, 0.29) is 18.4 Å². The van der Waals surface area contributed by atoms with Crippen molar-refractivity contribution in [3.8, 4) is 0 Å². The van der Waals surface area contributed by atoms with E-state index < -0.39 is 17.4 Å². The third kappa shape index (κ3) is 6.43. The third-order valence-electron chi connectivity index (χ3n) is 6.73. The fourth-order valence-corrected chi connectivity index (χ4v) is 5.00. The number of carbonyl (C=O) groups excluding carboxylic acids is 3. The minimum absolute atomic E-state index is 0.0120. The van der Waals surface area contributed by atoms with Crippen molar-refractivity contribution in [2.75, 3.05) is 13.1 Å². The summed E-state index contributed by atoms with van der Waals surface area (Å²) in [5.74, 6) is -0.213. The van der Waals surface area contributed by atoms with E-state index in [1.54, 1.807) is 0 Å². The fourth-order valence-electron chi connectivity index (χ4n) is 5.00. The SMILES string of the molecule is CCCCC(CN(O)C=O)C(=O)NC(C(=O)N1CCCC2CCCCC21)C(C)(C)C. The number of hydrogen-bond donors (Lipinski definition) is 2. The van der Waals surface area contributed by atoms with Crippen molar-refractivity contribution in [2.24, 2.45) is 17.3 Å². The summed E-state index contributed by atoms with van der Waals surface area (Å²) in [6.07, 6.45) is 9.47. The van der Waals surface area contributed by atoms with Crippen LogP contribution in [0.4, 0.5) is 0 Å². The van der Waals surface area contributed by atoms with E-state index in [1.165, 1.54) is 19.3 Å². The highest BCUT2D eigenvalue weighted by atomic mass is 16.5. The maximum Gasteiger partial charge on any atom is 0.245 e. The summed E-state index contributed by atoms with van der Waals surface area (Å²) in [6.45, 7) is 8.66. The first kappa shape index (κ1) is 24.6. The second-order valence-electron chi connectivity index (χ2n) is 10.2. The van der Waals surface area contributed by atoms with Crippen molar-refractivity contribution in [3.63, 3.8) is 0 Å². The number of carbonyl (C=O) groups is 3. The van der Waals surface area contributed by atoms with Crippen LogP contribution in [0.2, 0.25) is 0 Å². The van der Waals surface area contributed by atoms with Crippen molar-refractivity contribution in [1.29, 1.82) is 0 Å². The summed E-state index contributed by atoms with van der Waals surface area (Å²) in [5, 5.41) is 13.1. The minimum atomic E-state index is -0.627. The topological polar surface area (TPSA) is 90.0 Å². The predicted octanol–water partition coefficient (Wildman–Crippen LogP) is 3.35. The first-order valence-electron chi connectivity index (χ1n) is 11.7. The van der Waals surface area contributed by atoms with Crippen LogP contribution in [0.3, 0.4) is 0 Å². The van der Waals surface area contributed by atoms with Crippen LogP contribution >= 0.6 is 0 Å². The van der Waals surface area contributed by atoms with Gasteiger partial charge in [-0.25, -0.2) is 5.06 Å². The van der Waals surface area contributed by atoms with Crippen molar-refractivity contribution >= 4 is 18.2 Å². The molecule has 0 radical (unpaired) electrons. The van der Waals surface area contributed by atoms with E-state index in [1.807, 2.05) is 32.6 Å². The zero-order valence-electron chi connectivity index (χ0n) is 19.2. The zero-order valence-corrected chi connectivity index (χ0v) is 19.2. The zero-order chi connectivity index (χ0) is 22.3.